The van der Waals surface area contributed by atoms with Crippen molar-refractivity contribution < 1.29 is 13.6 Å². The molecule has 0 N–H and O–H groups in total. The smallest absolute Gasteiger partial charge is 0.226 e. The maximum Gasteiger partial charge on any atom is 0.226 e. The van der Waals surface area contributed by atoms with Gasteiger partial charge < -0.3 is 4.90 Å². The summed E-state index contributed by atoms with van der Waals surface area (Å²) in [5, 5.41) is 0.315. The average Bonchev–Trinajstić information content (AvgIpc) is 3.31. The summed E-state index contributed by atoms with van der Waals surface area (Å²) < 4.78 is 26.8. The molecular weight excluding hydrogens is 320 g/mol. The van der Waals surface area contributed by atoms with E-state index in [1.54, 1.807) is 25.2 Å². The summed E-state index contributed by atoms with van der Waals surface area (Å²) in [6.45, 7) is 0.136. The third kappa shape index (κ3) is 3.37. The van der Waals surface area contributed by atoms with Crippen LogP contribution in [0.5, 0.6) is 0 Å². The Labute approximate surface area is 138 Å². The second-order valence-electron chi connectivity index (χ2n) is 5.89. The van der Waals surface area contributed by atoms with Gasteiger partial charge in [0.25, 0.3) is 0 Å². The van der Waals surface area contributed by atoms with E-state index in [2.05, 4.69) is 0 Å². The Kier molecular flexibility index (Phi) is 4.35. The lowest BCUT2D eigenvalue weighted by Gasteiger charge is -2.18. The first kappa shape index (κ1) is 15.9. The van der Waals surface area contributed by atoms with Crippen molar-refractivity contribution in [3.05, 3.63) is 70.2 Å². The molecule has 1 aliphatic carbocycles. The monoisotopic (exact) mass is 335 g/mol. The van der Waals surface area contributed by atoms with E-state index in [1.165, 1.54) is 29.2 Å². The van der Waals surface area contributed by atoms with Gasteiger partial charge >= 0.3 is 0 Å². The van der Waals surface area contributed by atoms with Gasteiger partial charge in [-0.2, -0.15) is 0 Å². The predicted molar refractivity (Wildman–Crippen MR) is 85.1 cm³/mol. The fourth-order valence-corrected chi connectivity index (χ4v) is 3.05. The third-order valence-electron chi connectivity index (χ3n) is 4.24. The van der Waals surface area contributed by atoms with E-state index in [1.807, 2.05) is 0 Å². The van der Waals surface area contributed by atoms with E-state index in [-0.39, 0.29) is 30.1 Å². The molecule has 2 unspecified atom stereocenters. The standard InChI is InChI=1S/C18H16ClF2NO/c1-22(10-15-16(19)3-2-4-17(15)21)18(23)14-9-13(14)11-5-7-12(20)8-6-11/h2-8,13-14H,9-10H2,1H3. The van der Waals surface area contributed by atoms with Gasteiger partial charge in [-0.15, -0.1) is 0 Å². The molecule has 1 saturated carbocycles. The van der Waals surface area contributed by atoms with E-state index in [9.17, 15) is 13.6 Å². The van der Waals surface area contributed by atoms with Crippen LogP contribution in [0.4, 0.5) is 8.78 Å². The van der Waals surface area contributed by atoms with Crippen LogP contribution < -0.4 is 0 Å². The number of hydrogen-bond acceptors (Lipinski definition) is 1. The second-order valence-corrected chi connectivity index (χ2v) is 6.30. The largest absolute Gasteiger partial charge is 0.341 e. The highest BCUT2D eigenvalue weighted by molar-refractivity contribution is 6.31. The van der Waals surface area contributed by atoms with Gasteiger partial charge in [0.15, 0.2) is 0 Å². The summed E-state index contributed by atoms with van der Waals surface area (Å²) in [7, 11) is 1.64. The van der Waals surface area contributed by atoms with Crippen LogP contribution in [-0.2, 0) is 11.3 Å². The SMILES string of the molecule is CN(Cc1c(F)cccc1Cl)C(=O)C1CC1c1ccc(F)cc1. The van der Waals surface area contributed by atoms with Crippen LogP contribution in [0.15, 0.2) is 42.5 Å². The fraction of sp³-hybridized carbons (Fsp3) is 0.278. The van der Waals surface area contributed by atoms with Crippen LogP contribution in [0.3, 0.4) is 0 Å². The average molecular weight is 336 g/mol. The summed E-state index contributed by atoms with van der Waals surface area (Å²) in [5.41, 5.74) is 1.28. The zero-order chi connectivity index (χ0) is 16.6. The van der Waals surface area contributed by atoms with Crippen LogP contribution in [0, 0.1) is 17.6 Å². The Hall–Kier alpha value is -1.94. The van der Waals surface area contributed by atoms with Crippen molar-refractivity contribution in [2.75, 3.05) is 7.05 Å². The number of amides is 1. The molecule has 0 aliphatic heterocycles. The number of rotatable bonds is 4. The summed E-state index contributed by atoms with van der Waals surface area (Å²) >= 11 is 6.00. The van der Waals surface area contributed by atoms with Gasteiger partial charge in [0.2, 0.25) is 5.91 Å². The van der Waals surface area contributed by atoms with Crippen molar-refractivity contribution in [2.24, 2.45) is 5.92 Å². The molecule has 120 valence electrons. The Balaban J connectivity index is 1.66. The minimum Gasteiger partial charge on any atom is -0.341 e. The number of hydrogen-bond donors (Lipinski definition) is 0. The zero-order valence-corrected chi connectivity index (χ0v) is 13.4. The van der Waals surface area contributed by atoms with Crippen molar-refractivity contribution >= 4 is 17.5 Å². The van der Waals surface area contributed by atoms with E-state index in [0.717, 1.165) is 12.0 Å². The fourth-order valence-electron chi connectivity index (χ4n) is 2.83. The van der Waals surface area contributed by atoms with Gasteiger partial charge in [-0.1, -0.05) is 29.8 Å². The Morgan fingerprint density at radius 1 is 1.22 bits per heavy atom. The highest BCUT2D eigenvalue weighted by Gasteiger charge is 2.45. The van der Waals surface area contributed by atoms with E-state index in [0.29, 0.717) is 10.6 Å². The lowest BCUT2D eigenvalue weighted by molar-refractivity contribution is -0.131. The molecule has 3 rings (SSSR count). The minimum atomic E-state index is -0.414. The van der Waals surface area contributed by atoms with E-state index >= 15 is 0 Å². The number of benzene rings is 2. The molecule has 1 aliphatic rings. The molecule has 2 atom stereocenters. The molecule has 0 bridgehead atoms. The van der Waals surface area contributed by atoms with Crippen molar-refractivity contribution in [1.29, 1.82) is 0 Å². The molecule has 1 amide bonds. The first-order valence-electron chi connectivity index (χ1n) is 7.40. The molecule has 0 spiro atoms. The van der Waals surface area contributed by atoms with Gasteiger partial charge in [-0.3, -0.25) is 4.79 Å². The molecule has 5 heteroatoms. The van der Waals surface area contributed by atoms with Crippen molar-refractivity contribution in [1.82, 2.24) is 4.90 Å². The maximum absolute atomic E-state index is 13.8. The van der Waals surface area contributed by atoms with Crippen molar-refractivity contribution in [3.8, 4) is 0 Å². The van der Waals surface area contributed by atoms with E-state index in [4.69, 9.17) is 11.6 Å². The number of carbonyl (C=O) groups is 1. The lowest BCUT2D eigenvalue weighted by atomic mass is 10.1. The Bertz CT molecular complexity index is 712. The van der Waals surface area contributed by atoms with Crippen LogP contribution in [0.1, 0.15) is 23.5 Å². The van der Waals surface area contributed by atoms with Crippen LogP contribution >= 0.6 is 11.6 Å². The lowest BCUT2D eigenvalue weighted by Crippen LogP contribution is -2.28. The maximum atomic E-state index is 13.8. The Morgan fingerprint density at radius 3 is 2.57 bits per heavy atom. The third-order valence-corrected chi connectivity index (χ3v) is 4.59. The predicted octanol–water partition coefficient (Wildman–Crippen LogP) is 4.38. The quantitative estimate of drug-likeness (QED) is 0.812. The first-order valence-corrected chi connectivity index (χ1v) is 7.78. The van der Waals surface area contributed by atoms with Crippen molar-refractivity contribution in [3.63, 3.8) is 0 Å². The highest BCUT2D eigenvalue weighted by atomic mass is 35.5. The van der Waals surface area contributed by atoms with Gasteiger partial charge in [-0.25, -0.2) is 8.78 Å². The summed E-state index contributed by atoms with van der Waals surface area (Å²) in [5.74, 6) is -0.761. The van der Waals surface area contributed by atoms with Gasteiger partial charge in [-0.05, 0) is 42.2 Å². The van der Waals surface area contributed by atoms with Crippen molar-refractivity contribution in [2.45, 2.75) is 18.9 Å². The summed E-state index contributed by atoms with van der Waals surface area (Å²) in [4.78, 5) is 14.0. The molecule has 2 nitrogen and oxygen atoms in total. The Morgan fingerprint density at radius 2 is 1.91 bits per heavy atom. The molecule has 23 heavy (non-hydrogen) atoms. The number of carbonyl (C=O) groups excluding carboxylic acids is 1. The molecule has 0 heterocycles. The van der Waals surface area contributed by atoms with Crippen LogP contribution in [0.2, 0.25) is 5.02 Å². The molecule has 0 radical (unpaired) electrons. The first-order chi connectivity index (χ1) is 11.0. The summed E-state index contributed by atoms with van der Waals surface area (Å²) in [6.07, 6.45) is 0.736. The normalized spacial score (nSPS) is 19.5. The van der Waals surface area contributed by atoms with Gasteiger partial charge in [0.05, 0.1) is 0 Å². The second kappa shape index (κ2) is 6.28. The summed E-state index contributed by atoms with van der Waals surface area (Å²) in [6, 6.07) is 10.7. The van der Waals surface area contributed by atoms with Gasteiger partial charge in [0.1, 0.15) is 11.6 Å². The van der Waals surface area contributed by atoms with Gasteiger partial charge in [0, 0.05) is 30.1 Å². The zero-order valence-electron chi connectivity index (χ0n) is 12.6. The minimum absolute atomic E-state index is 0.0429. The molecule has 0 saturated heterocycles. The van der Waals surface area contributed by atoms with E-state index < -0.39 is 5.82 Å². The van der Waals surface area contributed by atoms with Crippen LogP contribution in [0.25, 0.3) is 0 Å². The molecule has 0 aromatic heterocycles. The highest BCUT2D eigenvalue weighted by Crippen LogP contribution is 2.48. The topological polar surface area (TPSA) is 20.3 Å². The molecule has 2 aromatic rings. The molecule has 2 aromatic carbocycles. The number of nitrogens with zero attached hydrogens (tertiary/aromatic N) is 1. The molecular formula is C18H16ClF2NO. The molecule has 1 fully saturated rings. The van der Waals surface area contributed by atoms with Crippen LogP contribution in [-0.4, -0.2) is 17.9 Å². The number of halogens is 3.